The van der Waals surface area contributed by atoms with Crippen LogP contribution >= 0.6 is 11.3 Å². The number of nitrogens with one attached hydrogen (secondary N) is 1. The van der Waals surface area contributed by atoms with Gasteiger partial charge in [-0.05, 0) is 26.0 Å². The van der Waals surface area contributed by atoms with E-state index in [1.165, 1.54) is 17.5 Å². The summed E-state index contributed by atoms with van der Waals surface area (Å²) in [6, 6.07) is 3.22. The van der Waals surface area contributed by atoms with Crippen LogP contribution in [0, 0.1) is 13.8 Å². The molecule has 0 saturated carbocycles. The molecule has 2 aromatic rings. The number of aryl methyl sites for hydroxylation is 2. The molecule has 0 aliphatic rings. The number of hydrogen-bond acceptors (Lipinski definition) is 5. The number of aromatic nitrogens is 2. The van der Waals surface area contributed by atoms with Crippen LogP contribution in [-0.4, -0.2) is 15.9 Å². The standard InChI is InChI=1S/C11H12N4OS/c1-6-7(2)17-11(14-6)15-10(16)9-4-3-8(12)5-13-9/h3-5H,12H2,1-2H3,(H,14,15,16). The molecule has 2 heterocycles. The second kappa shape index (κ2) is 4.50. The van der Waals surface area contributed by atoms with Crippen molar-refractivity contribution < 1.29 is 4.79 Å². The van der Waals surface area contributed by atoms with E-state index in [0.29, 0.717) is 16.5 Å². The third-order valence-corrected chi connectivity index (χ3v) is 3.26. The van der Waals surface area contributed by atoms with E-state index in [4.69, 9.17) is 5.73 Å². The Hall–Kier alpha value is -1.95. The third kappa shape index (κ3) is 2.59. The number of hydrogen-bond donors (Lipinski definition) is 2. The number of thiazole rings is 1. The molecular weight excluding hydrogens is 236 g/mol. The van der Waals surface area contributed by atoms with Gasteiger partial charge < -0.3 is 5.73 Å². The van der Waals surface area contributed by atoms with Crippen molar-refractivity contribution in [3.63, 3.8) is 0 Å². The van der Waals surface area contributed by atoms with Gasteiger partial charge in [0.05, 0.1) is 17.6 Å². The summed E-state index contributed by atoms with van der Waals surface area (Å²) in [5.41, 5.74) is 7.28. The molecule has 0 aliphatic heterocycles. The van der Waals surface area contributed by atoms with Crippen molar-refractivity contribution in [3.05, 3.63) is 34.6 Å². The Balaban J connectivity index is 2.14. The van der Waals surface area contributed by atoms with E-state index in [0.717, 1.165) is 10.6 Å². The van der Waals surface area contributed by atoms with Crippen LogP contribution < -0.4 is 11.1 Å². The fraction of sp³-hybridized carbons (Fsp3) is 0.182. The van der Waals surface area contributed by atoms with E-state index < -0.39 is 0 Å². The molecule has 0 spiro atoms. The van der Waals surface area contributed by atoms with Crippen LogP contribution in [0.4, 0.5) is 10.8 Å². The molecule has 0 aromatic carbocycles. The maximum Gasteiger partial charge on any atom is 0.276 e. The van der Waals surface area contributed by atoms with E-state index in [1.807, 2.05) is 13.8 Å². The first kappa shape index (κ1) is 11.5. The molecule has 6 heteroatoms. The van der Waals surface area contributed by atoms with Crippen LogP contribution in [0.5, 0.6) is 0 Å². The number of nitrogens with zero attached hydrogens (tertiary/aromatic N) is 2. The van der Waals surface area contributed by atoms with E-state index in [1.54, 1.807) is 12.1 Å². The molecule has 3 N–H and O–H groups in total. The summed E-state index contributed by atoms with van der Waals surface area (Å²) in [6.45, 7) is 3.87. The van der Waals surface area contributed by atoms with Crippen LogP contribution in [0.15, 0.2) is 18.3 Å². The first-order valence-electron chi connectivity index (χ1n) is 5.03. The number of anilines is 2. The van der Waals surface area contributed by atoms with Gasteiger partial charge >= 0.3 is 0 Å². The summed E-state index contributed by atoms with van der Waals surface area (Å²) >= 11 is 1.44. The lowest BCUT2D eigenvalue weighted by Gasteiger charge is -2.00. The minimum absolute atomic E-state index is 0.279. The van der Waals surface area contributed by atoms with Crippen molar-refractivity contribution in [3.8, 4) is 0 Å². The highest BCUT2D eigenvalue weighted by Gasteiger charge is 2.10. The molecule has 0 fully saturated rings. The summed E-state index contributed by atoms with van der Waals surface area (Å²) < 4.78 is 0. The fourth-order valence-corrected chi connectivity index (χ4v) is 2.04. The van der Waals surface area contributed by atoms with Crippen molar-refractivity contribution in [1.29, 1.82) is 0 Å². The molecule has 0 unspecified atom stereocenters. The molecule has 0 bridgehead atoms. The lowest BCUT2D eigenvalue weighted by Crippen LogP contribution is -2.13. The van der Waals surface area contributed by atoms with Gasteiger partial charge in [0, 0.05) is 4.88 Å². The van der Waals surface area contributed by atoms with Gasteiger partial charge in [0.25, 0.3) is 5.91 Å². The van der Waals surface area contributed by atoms with Gasteiger partial charge in [-0.15, -0.1) is 11.3 Å². The first-order chi connectivity index (χ1) is 8.06. The molecule has 0 aliphatic carbocycles. The minimum atomic E-state index is -0.279. The Morgan fingerprint density at radius 2 is 2.18 bits per heavy atom. The van der Waals surface area contributed by atoms with Gasteiger partial charge in [-0.2, -0.15) is 0 Å². The number of carbonyl (C=O) groups is 1. The molecule has 1 amide bonds. The lowest BCUT2D eigenvalue weighted by molar-refractivity contribution is 0.102. The number of carbonyl (C=O) groups excluding carboxylic acids is 1. The molecule has 0 saturated heterocycles. The Kier molecular flexibility index (Phi) is 3.06. The molecular formula is C11H12N4OS. The smallest absolute Gasteiger partial charge is 0.276 e. The average molecular weight is 248 g/mol. The highest BCUT2D eigenvalue weighted by atomic mass is 32.1. The zero-order valence-electron chi connectivity index (χ0n) is 9.52. The summed E-state index contributed by atoms with van der Waals surface area (Å²) in [5.74, 6) is -0.279. The number of pyridine rings is 1. The third-order valence-electron chi connectivity index (χ3n) is 2.27. The van der Waals surface area contributed by atoms with Crippen LogP contribution in [-0.2, 0) is 0 Å². The van der Waals surface area contributed by atoms with Gasteiger partial charge in [0.1, 0.15) is 5.69 Å². The molecule has 2 rings (SSSR count). The fourth-order valence-electron chi connectivity index (χ4n) is 1.23. The Bertz CT molecular complexity index is 528. The molecule has 5 nitrogen and oxygen atoms in total. The zero-order chi connectivity index (χ0) is 12.4. The molecule has 17 heavy (non-hydrogen) atoms. The average Bonchev–Trinajstić information content (AvgIpc) is 2.58. The highest BCUT2D eigenvalue weighted by molar-refractivity contribution is 7.15. The summed E-state index contributed by atoms with van der Waals surface area (Å²) in [5, 5.41) is 3.29. The van der Waals surface area contributed by atoms with Crippen molar-refractivity contribution in [2.45, 2.75) is 13.8 Å². The van der Waals surface area contributed by atoms with Crippen LogP contribution in [0.2, 0.25) is 0 Å². The number of rotatable bonds is 2. The largest absolute Gasteiger partial charge is 0.397 e. The number of nitrogens with two attached hydrogens (primary N) is 1. The molecule has 2 aromatic heterocycles. The molecule has 0 atom stereocenters. The topological polar surface area (TPSA) is 80.9 Å². The lowest BCUT2D eigenvalue weighted by atomic mass is 10.3. The van der Waals surface area contributed by atoms with E-state index in [-0.39, 0.29) is 5.91 Å². The van der Waals surface area contributed by atoms with Crippen molar-refractivity contribution in [1.82, 2.24) is 9.97 Å². The van der Waals surface area contributed by atoms with Gasteiger partial charge in [-0.3, -0.25) is 10.1 Å². The summed E-state index contributed by atoms with van der Waals surface area (Å²) in [6.07, 6.45) is 1.45. The van der Waals surface area contributed by atoms with Crippen LogP contribution in [0.1, 0.15) is 21.1 Å². The van der Waals surface area contributed by atoms with Crippen LogP contribution in [0.3, 0.4) is 0 Å². The molecule has 0 radical (unpaired) electrons. The molecule has 88 valence electrons. The SMILES string of the molecule is Cc1nc(NC(=O)c2ccc(N)cn2)sc1C. The quantitative estimate of drug-likeness (QED) is 0.851. The monoisotopic (exact) mass is 248 g/mol. The Morgan fingerprint density at radius 3 is 2.71 bits per heavy atom. The van der Waals surface area contributed by atoms with Crippen molar-refractivity contribution >= 4 is 28.1 Å². The van der Waals surface area contributed by atoms with E-state index >= 15 is 0 Å². The minimum Gasteiger partial charge on any atom is -0.397 e. The first-order valence-corrected chi connectivity index (χ1v) is 5.85. The van der Waals surface area contributed by atoms with Gasteiger partial charge in [0.2, 0.25) is 0 Å². The van der Waals surface area contributed by atoms with Crippen molar-refractivity contribution in [2.75, 3.05) is 11.1 Å². The van der Waals surface area contributed by atoms with Gasteiger partial charge in [0.15, 0.2) is 5.13 Å². The normalized spacial score (nSPS) is 10.2. The van der Waals surface area contributed by atoms with E-state index in [2.05, 4.69) is 15.3 Å². The number of nitrogen functional groups attached to an aromatic ring is 1. The number of amides is 1. The Morgan fingerprint density at radius 1 is 1.41 bits per heavy atom. The second-order valence-corrected chi connectivity index (χ2v) is 4.79. The zero-order valence-corrected chi connectivity index (χ0v) is 10.3. The predicted molar refractivity (Wildman–Crippen MR) is 68.2 cm³/mol. The van der Waals surface area contributed by atoms with Gasteiger partial charge in [-0.1, -0.05) is 0 Å². The highest BCUT2D eigenvalue weighted by Crippen LogP contribution is 2.21. The summed E-state index contributed by atoms with van der Waals surface area (Å²) in [7, 11) is 0. The Labute approximate surface area is 103 Å². The van der Waals surface area contributed by atoms with Gasteiger partial charge in [-0.25, -0.2) is 9.97 Å². The van der Waals surface area contributed by atoms with Crippen LogP contribution in [0.25, 0.3) is 0 Å². The maximum absolute atomic E-state index is 11.8. The predicted octanol–water partition coefficient (Wildman–Crippen LogP) is 1.99. The maximum atomic E-state index is 11.8. The van der Waals surface area contributed by atoms with E-state index in [9.17, 15) is 4.79 Å². The summed E-state index contributed by atoms with van der Waals surface area (Å²) in [4.78, 5) is 21.1. The van der Waals surface area contributed by atoms with Crippen molar-refractivity contribution in [2.24, 2.45) is 0 Å². The second-order valence-electron chi connectivity index (χ2n) is 3.59.